The molecule has 2 aliphatic rings. The van der Waals surface area contributed by atoms with Gasteiger partial charge in [0.1, 0.15) is 12.6 Å². The minimum absolute atomic E-state index is 0.0399. The van der Waals surface area contributed by atoms with Gasteiger partial charge in [0.2, 0.25) is 5.91 Å². The smallest absolute Gasteiger partial charge is 0.326 e. The van der Waals surface area contributed by atoms with Crippen molar-refractivity contribution in [3.8, 4) is 0 Å². The number of likely N-dealkylation sites (N-methyl/N-ethyl adjacent to an activating group) is 1. The predicted molar refractivity (Wildman–Crippen MR) is 75.8 cm³/mol. The lowest BCUT2D eigenvalue weighted by Crippen LogP contribution is -2.52. The maximum atomic E-state index is 12.6. The number of nitrogens with zero attached hydrogens (tertiary/aromatic N) is 3. The van der Waals surface area contributed by atoms with Gasteiger partial charge in [-0.25, -0.2) is 9.59 Å². The molecule has 7 nitrogen and oxygen atoms in total. The Balaban J connectivity index is 2.11. The van der Waals surface area contributed by atoms with E-state index in [-0.39, 0.29) is 18.5 Å². The van der Waals surface area contributed by atoms with Gasteiger partial charge in [-0.2, -0.15) is 0 Å². The molecule has 2 heterocycles. The van der Waals surface area contributed by atoms with Crippen LogP contribution in [-0.2, 0) is 9.59 Å². The SMILES string of the molecule is CN1CCCN(C(=O)N2CCCCCC2C(=O)O)CC1=O. The predicted octanol–water partition coefficient (Wildman–Crippen LogP) is 0.600. The van der Waals surface area contributed by atoms with Crippen molar-refractivity contribution in [2.75, 3.05) is 33.2 Å². The summed E-state index contributed by atoms with van der Waals surface area (Å²) in [5.41, 5.74) is 0. The molecule has 1 unspecified atom stereocenters. The molecule has 0 spiro atoms. The van der Waals surface area contributed by atoms with E-state index in [1.807, 2.05) is 0 Å². The van der Waals surface area contributed by atoms with Crippen LogP contribution in [0.15, 0.2) is 0 Å². The van der Waals surface area contributed by atoms with Crippen LogP contribution < -0.4 is 0 Å². The van der Waals surface area contributed by atoms with Crippen LogP contribution in [-0.4, -0.2) is 77.0 Å². The Morgan fingerprint density at radius 3 is 2.57 bits per heavy atom. The maximum absolute atomic E-state index is 12.6. The lowest BCUT2D eigenvalue weighted by molar-refractivity contribution is -0.142. The van der Waals surface area contributed by atoms with E-state index in [1.165, 1.54) is 9.80 Å². The van der Waals surface area contributed by atoms with E-state index >= 15 is 0 Å². The van der Waals surface area contributed by atoms with Crippen LogP contribution in [0, 0.1) is 0 Å². The molecule has 2 saturated heterocycles. The highest BCUT2D eigenvalue weighted by molar-refractivity contribution is 5.87. The van der Waals surface area contributed by atoms with Crippen LogP contribution in [0.1, 0.15) is 32.1 Å². The van der Waals surface area contributed by atoms with Crippen molar-refractivity contribution in [1.82, 2.24) is 14.7 Å². The van der Waals surface area contributed by atoms with Crippen molar-refractivity contribution >= 4 is 17.9 Å². The summed E-state index contributed by atoms with van der Waals surface area (Å²) in [5.74, 6) is -1.05. The second-order valence-electron chi connectivity index (χ2n) is 5.77. The standard InChI is InChI=1S/C14H23N3O4/c1-15-7-5-8-16(10-12(15)18)14(21)17-9-4-2-3-6-11(17)13(19)20/h11H,2-10H2,1H3,(H,19,20). The van der Waals surface area contributed by atoms with E-state index < -0.39 is 12.0 Å². The van der Waals surface area contributed by atoms with Gasteiger partial charge < -0.3 is 19.8 Å². The van der Waals surface area contributed by atoms with Crippen molar-refractivity contribution in [1.29, 1.82) is 0 Å². The first kappa shape index (κ1) is 15.6. The van der Waals surface area contributed by atoms with Crippen molar-refractivity contribution in [2.24, 2.45) is 0 Å². The third-order valence-corrected chi connectivity index (χ3v) is 4.23. The number of amides is 3. The normalized spacial score (nSPS) is 24.5. The lowest BCUT2D eigenvalue weighted by Gasteiger charge is -2.32. The summed E-state index contributed by atoms with van der Waals surface area (Å²) in [7, 11) is 1.72. The molecule has 2 aliphatic heterocycles. The van der Waals surface area contributed by atoms with Gasteiger partial charge in [-0.05, 0) is 19.3 Å². The quantitative estimate of drug-likeness (QED) is 0.768. The van der Waals surface area contributed by atoms with E-state index in [0.29, 0.717) is 26.1 Å². The molecular weight excluding hydrogens is 274 g/mol. The first-order chi connectivity index (χ1) is 10.0. The van der Waals surface area contributed by atoms with E-state index in [1.54, 1.807) is 11.9 Å². The van der Waals surface area contributed by atoms with E-state index in [0.717, 1.165) is 25.7 Å². The van der Waals surface area contributed by atoms with Crippen LogP contribution in [0.3, 0.4) is 0 Å². The van der Waals surface area contributed by atoms with Crippen molar-refractivity contribution in [3.63, 3.8) is 0 Å². The Morgan fingerprint density at radius 2 is 1.86 bits per heavy atom. The van der Waals surface area contributed by atoms with Gasteiger partial charge >= 0.3 is 12.0 Å². The number of carboxylic acids is 1. The number of carboxylic acid groups (broad SMARTS) is 1. The number of likely N-dealkylation sites (tertiary alicyclic amines) is 1. The summed E-state index contributed by atoms with van der Waals surface area (Å²) in [5, 5.41) is 9.34. The summed E-state index contributed by atoms with van der Waals surface area (Å²) >= 11 is 0. The molecule has 1 N–H and O–H groups in total. The Hall–Kier alpha value is -1.79. The molecule has 0 aliphatic carbocycles. The highest BCUT2D eigenvalue weighted by Crippen LogP contribution is 2.19. The fraction of sp³-hybridized carbons (Fsp3) is 0.786. The van der Waals surface area contributed by atoms with Crippen LogP contribution in [0.4, 0.5) is 4.79 Å². The summed E-state index contributed by atoms with van der Waals surface area (Å²) in [4.78, 5) is 40.5. The van der Waals surface area contributed by atoms with Crippen molar-refractivity contribution in [3.05, 3.63) is 0 Å². The van der Waals surface area contributed by atoms with Gasteiger partial charge in [0.25, 0.3) is 0 Å². The van der Waals surface area contributed by atoms with E-state index in [2.05, 4.69) is 0 Å². The van der Waals surface area contributed by atoms with Gasteiger partial charge in [0.15, 0.2) is 0 Å². The number of carbonyl (C=O) groups is 3. The number of carbonyl (C=O) groups excluding carboxylic acids is 2. The fourth-order valence-corrected chi connectivity index (χ4v) is 2.93. The van der Waals surface area contributed by atoms with Crippen LogP contribution in [0.2, 0.25) is 0 Å². The third kappa shape index (κ3) is 3.65. The van der Waals surface area contributed by atoms with Gasteiger partial charge in [0, 0.05) is 26.7 Å². The number of hydrogen-bond acceptors (Lipinski definition) is 3. The minimum Gasteiger partial charge on any atom is -0.480 e. The zero-order valence-corrected chi connectivity index (χ0v) is 12.5. The molecule has 2 rings (SSSR count). The topological polar surface area (TPSA) is 81.2 Å². The maximum Gasteiger partial charge on any atom is 0.326 e. The lowest BCUT2D eigenvalue weighted by atomic mass is 10.1. The molecule has 0 aromatic carbocycles. The van der Waals surface area contributed by atoms with E-state index in [9.17, 15) is 19.5 Å². The summed E-state index contributed by atoms with van der Waals surface area (Å²) in [6, 6.07) is -1.08. The molecule has 0 radical (unpaired) electrons. The van der Waals surface area contributed by atoms with Crippen LogP contribution in [0.25, 0.3) is 0 Å². The highest BCUT2D eigenvalue weighted by Gasteiger charge is 2.34. The zero-order valence-electron chi connectivity index (χ0n) is 12.5. The average molecular weight is 297 g/mol. The first-order valence-corrected chi connectivity index (χ1v) is 7.53. The van der Waals surface area contributed by atoms with Gasteiger partial charge in [-0.15, -0.1) is 0 Å². The minimum atomic E-state index is -0.955. The Morgan fingerprint density at radius 1 is 1.10 bits per heavy atom. The number of rotatable bonds is 1. The van der Waals surface area contributed by atoms with Gasteiger partial charge in [-0.1, -0.05) is 12.8 Å². The summed E-state index contributed by atoms with van der Waals surface area (Å²) in [6.07, 6.45) is 3.79. The highest BCUT2D eigenvalue weighted by atomic mass is 16.4. The fourth-order valence-electron chi connectivity index (χ4n) is 2.93. The van der Waals surface area contributed by atoms with Crippen molar-refractivity contribution < 1.29 is 19.5 Å². The Kier molecular flexibility index (Phi) is 5.03. The van der Waals surface area contributed by atoms with Gasteiger partial charge in [0.05, 0.1) is 0 Å². The first-order valence-electron chi connectivity index (χ1n) is 7.53. The molecule has 0 saturated carbocycles. The Bertz CT molecular complexity index is 426. The Labute approximate surface area is 124 Å². The number of hydrogen-bond donors (Lipinski definition) is 1. The van der Waals surface area contributed by atoms with E-state index in [4.69, 9.17) is 0 Å². The molecule has 7 heteroatoms. The summed E-state index contributed by atoms with van der Waals surface area (Å²) < 4.78 is 0. The molecule has 118 valence electrons. The molecule has 0 aromatic rings. The van der Waals surface area contributed by atoms with Crippen LogP contribution in [0.5, 0.6) is 0 Å². The van der Waals surface area contributed by atoms with Crippen molar-refractivity contribution in [2.45, 2.75) is 38.1 Å². The number of aliphatic carboxylic acids is 1. The summed E-state index contributed by atoms with van der Waals surface area (Å²) in [6.45, 7) is 1.62. The molecule has 0 bridgehead atoms. The molecule has 0 aromatic heterocycles. The second kappa shape index (κ2) is 6.78. The zero-order chi connectivity index (χ0) is 15.4. The monoisotopic (exact) mass is 297 g/mol. The average Bonchev–Trinajstić information content (AvgIpc) is 2.78. The molecule has 21 heavy (non-hydrogen) atoms. The largest absolute Gasteiger partial charge is 0.480 e. The van der Waals surface area contributed by atoms with Crippen LogP contribution >= 0.6 is 0 Å². The van der Waals surface area contributed by atoms with Gasteiger partial charge in [-0.3, -0.25) is 4.79 Å². The molecule has 1 atom stereocenters. The second-order valence-corrected chi connectivity index (χ2v) is 5.77. The third-order valence-electron chi connectivity index (χ3n) is 4.23. The molecular formula is C14H23N3O4. The number of urea groups is 1. The molecule has 3 amide bonds. The molecule has 2 fully saturated rings.